The Hall–Kier alpha value is -3.13. The first-order valence-corrected chi connectivity index (χ1v) is 9.04. The fourth-order valence-electron chi connectivity index (χ4n) is 2.29. The molecule has 0 atom stereocenters. The van der Waals surface area contributed by atoms with Gasteiger partial charge in [-0.25, -0.2) is 0 Å². The van der Waals surface area contributed by atoms with Crippen LogP contribution in [0.3, 0.4) is 0 Å². The van der Waals surface area contributed by atoms with Gasteiger partial charge in [0, 0.05) is 18.1 Å². The summed E-state index contributed by atoms with van der Waals surface area (Å²) >= 11 is 1.31. The summed E-state index contributed by atoms with van der Waals surface area (Å²) in [7, 11) is 3.07. The first-order chi connectivity index (χ1) is 13.2. The number of benzene rings is 2. The monoisotopic (exact) mass is 385 g/mol. The van der Waals surface area contributed by atoms with E-state index in [1.54, 1.807) is 18.2 Å². The van der Waals surface area contributed by atoms with E-state index < -0.39 is 0 Å². The number of rotatable bonds is 8. The Morgan fingerprint density at radius 3 is 2.37 bits per heavy atom. The lowest BCUT2D eigenvalue weighted by molar-refractivity contribution is 0.102. The molecule has 0 aliphatic rings. The van der Waals surface area contributed by atoms with Crippen molar-refractivity contribution in [2.45, 2.75) is 6.42 Å². The largest absolute Gasteiger partial charge is 0.497 e. The van der Waals surface area contributed by atoms with Gasteiger partial charge in [0.05, 0.1) is 20.8 Å². The van der Waals surface area contributed by atoms with E-state index in [1.807, 2.05) is 30.3 Å². The average molecular weight is 385 g/mol. The predicted molar refractivity (Wildman–Crippen MR) is 103 cm³/mol. The summed E-state index contributed by atoms with van der Waals surface area (Å²) in [5.74, 6) is 1.57. The van der Waals surface area contributed by atoms with E-state index >= 15 is 0 Å². The molecule has 1 aromatic heterocycles. The second kappa shape index (κ2) is 9.00. The van der Waals surface area contributed by atoms with Crippen molar-refractivity contribution < 1.29 is 19.0 Å². The summed E-state index contributed by atoms with van der Waals surface area (Å²) in [4.78, 5) is 12.5. The Bertz CT molecular complexity index is 877. The third kappa shape index (κ3) is 5.18. The summed E-state index contributed by atoms with van der Waals surface area (Å²) in [6.45, 7) is 0.486. The topological polar surface area (TPSA) is 82.6 Å². The standard InChI is InChI=1S/C19H19N3O4S/c1-24-15-10-13(11-16(12-15)25-2)18(23)20-19-22-21-17(27-19)8-9-26-14-6-4-3-5-7-14/h3-7,10-12H,8-9H2,1-2H3,(H,20,22,23). The molecule has 1 amide bonds. The molecule has 2 aromatic carbocycles. The Morgan fingerprint density at radius 2 is 1.70 bits per heavy atom. The highest BCUT2D eigenvalue weighted by atomic mass is 32.1. The molecule has 0 spiro atoms. The number of hydrogen-bond acceptors (Lipinski definition) is 7. The minimum atomic E-state index is -0.310. The lowest BCUT2D eigenvalue weighted by atomic mass is 10.2. The third-order valence-corrected chi connectivity index (χ3v) is 4.53. The van der Waals surface area contributed by atoms with Gasteiger partial charge in [-0.05, 0) is 24.3 Å². The fraction of sp³-hybridized carbons (Fsp3) is 0.211. The van der Waals surface area contributed by atoms with Crippen LogP contribution in [0.5, 0.6) is 17.2 Å². The van der Waals surface area contributed by atoms with Crippen LogP contribution in [0.4, 0.5) is 5.13 Å². The van der Waals surface area contributed by atoms with Gasteiger partial charge in [-0.15, -0.1) is 10.2 Å². The van der Waals surface area contributed by atoms with Crippen molar-refractivity contribution in [3.05, 3.63) is 59.1 Å². The average Bonchev–Trinajstić information content (AvgIpc) is 3.15. The number of aromatic nitrogens is 2. The van der Waals surface area contributed by atoms with Crippen molar-refractivity contribution in [3.8, 4) is 17.2 Å². The molecule has 1 N–H and O–H groups in total. The molecule has 0 saturated carbocycles. The minimum absolute atomic E-state index is 0.310. The van der Waals surface area contributed by atoms with Crippen molar-refractivity contribution in [2.24, 2.45) is 0 Å². The number of amides is 1. The molecule has 3 rings (SSSR count). The normalized spacial score (nSPS) is 10.3. The van der Waals surface area contributed by atoms with Gasteiger partial charge in [-0.2, -0.15) is 0 Å². The lowest BCUT2D eigenvalue weighted by Gasteiger charge is -2.07. The van der Waals surface area contributed by atoms with E-state index in [1.165, 1.54) is 25.6 Å². The summed E-state index contributed by atoms with van der Waals surface area (Å²) in [5.41, 5.74) is 0.412. The summed E-state index contributed by atoms with van der Waals surface area (Å²) in [6, 6.07) is 14.5. The van der Waals surface area contributed by atoms with Crippen LogP contribution < -0.4 is 19.5 Å². The highest BCUT2D eigenvalue weighted by Gasteiger charge is 2.13. The smallest absolute Gasteiger partial charge is 0.257 e. The molecule has 8 heteroatoms. The van der Waals surface area contributed by atoms with Crippen LogP contribution in [-0.2, 0) is 6.42 Å². The fourth-order valence-corrected chi connectivity index (χ4v) is 3.00. The number of carbonyl (C=O) groups excluding carboxylic acids is 1. The van der Waals surface area contributed by atoms with Gasteiger partial charge >= 0.3 is 0 Å². The maximum Gasteiger partial charge on any atom is 0.257 e. The number of nitrogens with one attached hydrogen (secondary N) is 1. The molecule has 27 heavy (non-hydrogen) atoms. The number of carbonyl (C=O) groups is 1. The second-order valence-electron chi connectivity index (χ2n) is 5.47. The molecule has 3 aromatic rings. The van der Waals surface area contributed by atoms with Gasteiger partial charge in [0.1, 0.15) is 22.3 Å². The van der Waals surface area contributed by atoms with E-state index in [0.717, 1.165) is 10.8 Å². The number of nitrogens with zero attached hydrogens (tertiary/aromatic N) is 2. The molecule has 0 bridgehead atoms. The molecule has 0 aliphatic carbocycles. The first-order valence-electron chi connectivity index (χ1n) is 8.22. The summed E-state index contributed by atoms with van der Waals surface area (Å²) < 4.78 is 16.0. The van der Waals surface area contributed by atoms with Crippen LogP contribution in [0.25, 0.3) is 0 Å². The number of hydrogen-bond donors (Lipinski definition) is 1. The molecule has 0 aliphatic heterocycles. The Morgan fingerprint density at radius 1 is 1.00 bits per heavy atom. The molecule has 0 saturated heterocycles. The maximum atomic E-state index is 12.5. The van der Waals surface area contributed by atoms with Crippen molar-refractivity contribution in [3.63, 3.8) is 0 Å². The van der Waals surface area contributed by atoms with Crippen LogP contribution in [0, 0.1) is 0 Å². The van der Waals surface area contributed by atoms with Crippen molar-refractivity contribution in [2.75, 3.05) is 26.1 Å². The Balaban J connectivity index is 1.58. The van der Waals surface area contributed by atoms with Gasteiger partial charge in [-0.3, -0.25) is 10.1 Å². The Labute approximate surface area is 160 Å². The zero-order valence-corrected chi connectivity index (χ0v) is 15.8. The van der Waals surface area contributed by atoms with Gasteiger partial charge in [0.25, 0.3) is 5.91 Å². The van der Waals surface area contributed by atoms with Gasteiger partial charge < -0.3 is 14.2 Å². The van der Waals surface area contributed by atoms with Crippen molar-refractivity contribution >= 4 is 22.4 Å². The molecule has 140 valence electrons. The van der Waals surface area contributed by atoms with E-state index in [4.69, 9.17) is 14.2 Å². The number of para-hydroxylation sites is 1. The van der Waals surface area contributed by atoms with Crippen LogP contribution >= 0.6 is 11.3 Å². The molecule has 0 unspecified atom stereocenters. The minimum Gasteiger partial charge on any atom is -0.497 e. The summed E-state index contributed by atoms with van der Waals surface area (Å²) in [6.07, 6.45) is 0.607. The van der Waals surface area contributed by atoms with E-state index in [0.29, 0.717) is 35.2 Å². The number of methoxy groups -OCH3 is 2. The van der Waals surface area contributed by atoms with E-state index in [-0.39, 0.29) is 5.91 Å². The number of ether oxygens (including phenoxy) is 3. The van der Waals surface area contributed by atoms with Crippen LogP contribution in [-0.4, -0.2) is 36.9 Å². The highest BCUT2D eigenvalue weighted by molar-refractivity contribution is 7.15. The van der Waals surface area contributed by atoms with Crippen molar-refractivity contribution in [1.29, 1.82) is 0 Å². The SMILES string of the molecule is COc1cc(OC)cc(C(=O)Nc2nnc(CCOc3ccccc3)s2)c1. The predicted octanol–water partition coefficient (Wildman–Crippen LogP) is 3.43. The molecular formula is C19H19N3O4S. The van der Waals surface area contributed by atoms with E-state index in [2.05, 4.69) is 15.5 Å². The first kappa shape index (κ1) is 18.7. The van der Waals surface area contributed by atoms with Gasteiger partial charge in [0.2, 0.25) is 5.13 Å². The lowest BCUT2D eigenvalue weighted by Crippen LogP contribution is -2.12. The Kier molecular flexibility index (Phi) is 6.22. The highest BCUT2D eigenvalue weighted by Crippen LogP contribution is 2.24. The molecular weight excluding hydrogens is 366 g/mol. The molecule has 1 heterocycles. The van der Waals surface area contributed by atoms with Crippen LogP contribution in [0.2, 0.25) is 0 Å². The second-order valence-corrected chi connectivity index (χ2v) is 6.53. The van der Waals surface area contributed by atoms with Gasteiger partial charge in [-0.1, -0.05) is 29.5 Å². The molecule has 0 radical (unpaired) electrons. The van der Waals surface area contributed by atoms with Crippen LogP contribution in [0.15, 0.2) is 48.5 Å². The number of anilines is 1. The van der Waals surface area contributed by atoms with E-state index in [9.17, 15) is 4.79 Å². The van der Waals surface area contributed by atoms with Crippen molar-refractivity contribution in [1.82, 2.24) is 10.2 Å². The van der Waals surface area contributed by atoms with Gasteiger partial charge in [0.15, 0.2) is 0 Å². The zero-order valence-electron chi connectivity index (χ0n) is 15.0. The zero-order chi connectivity index (χ0) is 19.1. The molecule has 0 fully saturated rings. The maximum absolute atomic E-state index is 12.5. The third-order valence-electron chi connectivity index (χ3n) is 3.63. The molecule has 7 nitrogen and oxygen atoms in total. The quantitative estimate of drug-likeness (QED) is 0.640. The summed E-state index contributed by atoms with van der Waals surface area (Å²) in [5, 5.41) is 12.0. The van der Waals surface area contributed by atoms with Crippen LogP contribution in [0.1, 0.15) is 15.4 Å².